The minimum atomic E-state index is -4.39. The number of fused-ring (bicyclic) bond motifs is 1. The number of hydrogen-bond donors (Lipinski definition) is 1. The summed E-state index contributed by atoms with van der Waals surface area (Å²) in [6, 6.07) is 2.82. The zero-order valence-corrected chi connectivity index (χ0v) is 10.3. The zero-order chi connectivity index (χ0) is 14.0. The molecule has 1 heterocycles. The van der Waals surface area contributed by atoms with Gasteiger partial charge in [-0.15, -0.1) is 0 Å². The second kappa shape index (κ2) is 5.16. The van der Waals surface area contributed by atoms with Crippen molar-refractivity contribution in [1.82, 2.24) is 0 Å². The Kier molecular flexibility index (Phi) is 3.75. The third kappa shape index (κ3) is 3.66. The van der Waals surface area contributed by atoms with Crippen molar-refractivity contribution in [2.75, 3.05) is 13.4 Å². The highest BCUT2D eigenvalue weighted by molar-refractivity contribution is 5.52. The van der Waals surface area contributed by atoms with Crippen molar-refractivity contribution in [1.29, 1.82) is 0 Å². The van der Waals surface area contributed by atoms with Gasteiger partial charge in [-0.1, -0.05) is 0 Å². The first-order valence-electron chi connectivity index (χ1n) is 5.73. The number of halogens is 3. The van der Waals surface area contributed by atoms with E-state index in [9.17, 15) is 13.2 Å². The molecule has 0 saturated heterocycles. The Labute approximate surface area is 108 Å². The van der Waals surface area contributed by atoms with Crippen LogP contribution < -0.4 is 19.9 Å². The molecule has 1 aliphatic heterocycles. The molecule has 0 aromatic heterocycles. The second-order valence-corrected chi connectivity index (χ2v) is 4.40. The quantitative estimate of drug-likeness (QED) is 0.917. The Morgan fingerprint density at radius 3 is 2.53 bits per heavy atom. The molecule has 0 spiro atoms. The lowest BCUT2D eigenvalue weighted by Gasteiger charge is -2.15. The standard InChI is InChI=1S/C12H14F3NO3/c1-7(16)2-8-3-10-11(19-6-18-10)4-9(8)17-5-12(13,14)15/h3-4,7H,2,5-6,16H2,1H3. The van der Waals surface area contributed by atoms with E-state index in [4.69, 9.17) is 19.9 Å². The van der Waals surface area contributed by atoms with Crippen LogP contribution in [0.15, 0.2) is 12.1 Å². The molecular weight excluding hydrogens is 263 g/mol. The van der Waals surface area contributed by atoms with Crippen LogP contribution in [-0.2, 0) is 6.42 Å². The number of ether oxygens (including phenoxy) is 3. The van der Waals surface area contributed by atoms with Crippen molar-refractivity contribution < 1.29 is 27.4 Å². The second-order valence-electron chi connectivity index (χ2n) is 4.40. The van der Waals surface area contributed by atoms with Crippen molar-refractivity contribution in [2.24, 2.45) is 5.73 Å². The molecule has 2 rings (SSSR count). The summed E-state index contributed by atoms with van der Waals surface area (Å²) in [5.41, 5.74) is 6.24. The maximum Gasteiger partial charge on any atom is 0.422 e. The Bertz CT molecular complexity index is 460. The minimum Gasteiger partial charge on any atom is -0.484 e. The molecule has 106 valence electrons. The Balaban J connectivity index is 2.23. The zero-order valence-electron chi connectivity index (χ0n) is 10.3. The van der Waals surface area contributed by atoms with E-state index < -0.39 is 12.8 Å². The summed E-state index contributed by atoms with van der Waals surface area (Å²) in [7, 11) is 0. The van der Waals surface area contributed by atoms with E-state index in [0.717, 1.165) is 0 Å². The van der Waals surface area contributed by atoms with E-state index in [1.54, 1.807) is 13.0 Å². The molecule has 0 bridgehead atoms. The van der Waals surface area contributed by atoms with E-state index in [2.05, 4.69) is 0 Å². The summed E-state index contributed by atoms with van der Waals surface area (Å²) >= 11 is 0. The first-order chi connectivity index (χ1) is 8.85. The van der Waals surface area contributed by atoms with E-state index in [0.29, 0.717) is 23.5 Å². The lowest BCUT2D eigenvalue weighted by atomic mass is 10.1. The Morgan fingerprint density at radius 1 is 1.32 bits per heavy atom. The van der Waals surface area contributed by atoms with E-state index in [-0.39, 0.29) is 18.6 Å². The lowest BCUT2D eigenvalue weighted by molar-refractivity contribution is -0.153. The SMILES string of the molecule is CC(N)Cc1cc2c(cc1OCC(F)(F)F)OCO2. The topological polar surface area (TPSA) is 53.7 Å². The summed E-state index contributed by atoms with van der Waals surface area (Å²) in [6.45, 7) is 0.465. The maximum atomic E-state index is 12.2. The van der Waals surface area contributed by atoms with Gasteiger partial charge in [0.1, 0.15) is 5.75 Å². The first kappa shape index (κ1) is 13.8. The van der Waals surface area contributed by atoms with Crippen LogP contribution in [-0.4, -0.2) is 25.6 Å². The number of benzene rings is 1. The van der Waals surface area contributed by atoms with Crippen molar-refractivity contribution in [3.05, 3.63) is 17.7 Å². The third-order valence-corrected chi connectivity index (χ3v) is 2.49. The molecule has 0 saturated carbocycles. The summed E-state index contributed by atoms with van der Waals surface area (Å²) in [5.74, 6) is 1.000. The number of alkyl halides is 3. The molecule has 1 aliphatic rings. The molecule has 0 fully saturated rings. The fraction of sp³-hybridized carbons (Fsp3) is 0.500. The van der Waals surface area contributed by atoms with Crippen LogP contribution in [0, 0.1) is 0 Å². The van der Waals surface area contributed by atoms with Crippen LogP contribution in [0.25, 0.3) is 0 Å². The smallest absolute Gasteiger partial charge is 0.422 e. The summed E-state index contributed by atoms with van der Waals surface area (Å²) < 4.78 is 51.7. The highest BCUT2D eigenvalue weighted by Crippen LogP contribution is 2.39. The molecule has 0 aliphatic carbocycles. The minimum absolute atomic E-state index is 0.0513. The fourth-order valence-electron chi connectivity index (χ4n) is 1.77. The molecule has 1 aromatic carbocycles. The normalized spacial score (nSPS) is 15.4. The summed E-state index contributed by atoms with van der Waals surface area (Å²) in [5, 5.41) is 0. The van der Waals surface area contributed by atoms with Crippen molar-refractivity contribution >= 4 is 0 Å². The molecule has 2 N–H and O–H groups in total. The van der Waals surface area contributed by atoms with Gasteiger partial charge in [-0.25, -0.2) is 0 Å². The Morgan fingerprint density at radius 2 is 1.95 bits per heavy atom. The fourth-order valence-corrected chi connectivity index (χ4v) is 1.77. The molecule has 0 amide bonds. The average Bonchev–Trinajstić information content (AvgIpc) is 2.71. The number of hydrogen-bond acceptors (Lipinski definition) is 4. The van der Waals surface area contributed by atoms with Crippen molar-refractivity contribution in [3.63, 3.8) is 0 Å². The molecule has 19 heavy (non-hydrogen) atoms. The molecule has 7 heteroatoms. The van der Waals surface area contributed by atoms with Crippen LogP contribution in [0.4, 0.5) is 13.2 Å². The number of nitrogens with two attached hydrogens (primary N) is 1. The van der Waals surface area contributed by atoms with Crippen LogP contribution in [0.3, 0.4) is 0 Å². The van der Waals surface area contributed by atoms with Crippen LogP contribution in [0.2, 0.25) is 0 Å². The van der Waals surface area contributed by atoms with Gasteiger partial charge in [-0.3, -0.25) is 0 Å². The van der Waals surface area contributed by atoms with Crippen LogP contribution in [0.5, 0.6) is 17.2 Å². The van der Waals surface area contributed by atoms with Gasteiger partial charge in [0.15, 0.2) is 18.1 Å². The van der Waals surface area contributed by atoms with E-state index >= 15 is 0 Å². The van der Waals surface area contributed by atoms with Crippen LogP contribution >= 0.6 is 0 Å². The van der Waals surface area contributed by atoms with Gasteiger partial charge < -0.3 is 19.9 Å². The van der Waals surface area contributed by atoms with Crippen LogP contribution in [0.1, 0.15) is 12.5 Å². The average molecular weight is 277 g/mol. The largest absolute Gasteiger partial charge is 0.484 e. The Hall–Kier alpha value is -1.63. The van der Waals surface area contributed by atoms with Gasteiger partial charge in [0, 0.05) is 12.1 Å². The van der Waals surface area contributed by atoms with Crippen molar-refractivity contribution in [3.8, 4) is 17.2 Å². The lowest BCUT2D eigenvalue weighted by Crippen LogP contribution is -2.21. The summed E-state index contributed by atoms with van der Waals surface area (Å²) in [6.07, 6.45) is -3.99. The highest BCUT2D eigenvalue weighted by Gasteiger charge is 2.29. The van der Waals surface area contributed by atoms with Gasteiger partial charge in [-0.2, -0.15) is 13.2 Å². The van der Waals surface area contributed by atoms with Gasteiger partial charge in [0.25, 0.3) is 0 Å². The summed E-state index contributed by atoms with van der Waals surface area (Å²) in [4.78, 5) is 0. The molecular formula is C12H14F3NO3. The first-order valence-corrected chi connectivity index (χ1v) is 5.73. The van der Waals surface area contributed by atoms with E-state index in [1.807, 2.05) is 0 Å². The molecule has 0 radical (unpaired) electrons. The third-order valence-electron chi connectivity index (χ3n) is 2.49. The highest BCUT2D eigenvalue weighted by atomic mass is 19.4. The van der Waals surface area contributed by atoms with Crippen molar-refractivity contribution in [2.45, 2.75) is 25.6 Å². The van der Waals surface area contributed by atoms with Gasteiger partial charge in [0.2, 0.25) is 6.79 Å². The molecule has 1 aromatic rings. The maximum absolute atomic E-state index is 12.2. The van der Waals surface area contributed by atoms with E-state index in [1.165, 1.54) is 6.07 Å². The predicted octanol–water partition coefficient (Wildman–Crippen LogP) is 2.25. The predicted molar refractivity (Wildman–Crippen MR) is 61.5 cm³/mol. The monoisotopic (exact) mass is 277 g/mol. The number of rotatable bonds is 4. The molecule has 1 atom stereocenters. The van der Waals surface area contributed by atoms with Gasteiger partial charge in [0.05, 0.1) is 0 Å². The molecule has 1 unspecified atom stereocenters. The van der Waals surface area contributed by atoms with Gasteiger partial charge in [-0.05, 0) is 25.0 Å². The van der Waals surface area contributed by atoms with Gasteiger partial charge >= 0.3 is 6.18 Å². The molecule has 4 nitrogen and oxygen atoms in total.